The summed E-state index contributed by atoms with van der Waals surface area (Å²) in [5.41, 5.74) is 0. The van der Waals surface area contributed by atoms with Crippen LogP contribution >= 0.6 is 11.6 Å². The molecule has 0 fully saturated rings. The van der Waals surface area contributed by atoms with Gasteiger partial charge in [-0.05, 0) is 25.4 Å². The summed E-state index contributed by atoms with van der Waals surface area (Å²) < 4.78 is 6.91. The maximum atomic E-state index is 5.78. The zero-order valence-electron chi connectivity index (χ0n) is 7.41. The lowest BCUT2D eigenvalue weighted by Crippen LogP contribution is -2.15. The molecule has 0 aliphatic rings. The van der Waals surface area contributed by atoms with Gasteiger partial charge in [0.25, 0.3) is 0 Å². The zero-order valence-corrected chi connectivity index (χ0v) is 8.17. The molecule has 1 aromatic rings. The number of halogens is 1. The zero-order chi connectivity index (χ0) is 9.14. The smallest absolute Gasteiger partial charge is 0.225 e. The Morgan fingerprint density at radius 2 is 2.25 bits per heavy atom. The molecule has 4 nitrogen and oxygen atoms in total. The number of aromatic nitrogens is 3. The number of nitrogens with zero attached hydrogens (tertiary/aromatic N) is 3. The molecule has 0 bridgehead atoms. The number of rotatable bonds is 3. The van der Waals surface area contributed by atoms with E-state index < -0.39 is 0 Å². The van der Waals surface area contributed by atoms with Gasteiger partial charge in [-0.1, -0.05) is 0 Å². The number of methoxy groups -OCH3 is 1. The van der Waals surface area contributed by atoms with Crippen LogP contribution in [0.2, 0.25) is 5.28 Å². The van der Waals surface area contributed by atoms with Gasteiger partial charge in [0.2, 0.25) is 5.28 Å². The predicted octanol–water partition coefficient (Wildman–Crippen LogP) is 1.27. The van der Waals surface area contributed by atoms with Gasteiger partial charge in [-0.15, -0.1) is 10.2 Å². The van der Waals surface area contributed by atoms with Crippen molar-refractivity contribution in [1.29, 1.82) is 0 Å². The first-order chi connectivity index (χ1) is 5.65. The SMILES string of the molecule is COC(C)Cn1c(C)nnc1Cl. The Labute approximate surface area is 76.5 Å². The van der Waals surface area contributed by atoms with Crippen molar-refractivity contribution in [2.45, 2.75) is 26.5 Å². The summed E-state index contributed by atoms with van der Waals surface area (Å²) in [4.78, 5) is 0. The van der Waals surface area contributed by atoms with Crippen molar-refractivity contribution in [3.8, 4) is 0 Å². The molecule has 68 valence electrons. The lowest BCUT2D eigenvalue weighted by atomic mass is 10.4. The van der Waals surface area contributed by atoms with Crippen molar-refractivity contribution in [1.82, 2.24) is 14.8 Å². The Balaban J connectivity index is 2.73. The summed E-state index contributed by atoms with van der Waals surface area (Å²) in [6, 6.07) is 0. The topological polar surface area (TPSA) is 39.9 Å². The van der Waals surface area contributed by atoms with Crippen molar-refractivity contribution < 1.29 is 4.74 Å². The lowest BCUT2D eigenvalue weighted by Gasteiger charge is -2.10. The summed E-state index contributed by atoms with van der Waals surface area (Å²) in [5, 5.41) is 7.97. The highest BCUT2D eigenvalue weighted by atomic mass is 35.5. The van der Waals surface area contributed by atoms with Crippen LogP contribution < -0.4 is 0 Å². The predicted molar refractivity (Wildman–Crippen MR) is 46.2 cm³/mol. The van der Waals surface area contributed by atoms with Crippen LogP contribution in [-0.4, -0.2) is 28.0 Å². The van der Waals surface area contributed by atoms with Gasteiger partial charge in [-0.25, -0.2) is 0 Å². The summed E-state index contributed by atoms with van der Waals surface area (Å²) in [6.45, 7) is 4.52. The molecule has 1 aromatic heterocycles. The van der Waals surface area contributed by atoms with E-state index >= 15 is 0 Å². The Morgan fingerprint density at radius 1 is 1.58 bits per heavy atom. The first kappa shape index (κ1) is 9.48. The fourth-order valence-corrected chi connectivity index (χ4v) is 1.12. The van der Waals surface area contributed by atoms with E-state index in [0.717, 1.165) is 5.82 Å². The Bertz CT molecular complexity index is 242. The number of ether oxygens (including phenoxy) is 1. The fraction of sp³-hybridized carbons (Fsp3) is 0.714. The van der Waals surface area contributed by atoms with Gasteiger partial charge < -0.3 is 4.74 Å². The standard InChI is InChI=1S/C7H12ClN3O/c1-5(12-3)4-11-6(2)9-10-7(11)8/h5H,4H2,1-3H3. The molecule has 0 spiro atoms. The van der Waals surface area contributed by atoms with E-state index in [1.165, 1.54) is 0 Å². The average Bonchev–Trinajstić information content (AvgIpc) is 2.35. The van der Waals surface area contributed by atoms with Crippen molar-refractivity contribution in [2.75, 3.05) is 7.11 Å². The van der Waals surface area contributed by atoms with Crippen LogP contribution in [0.1, 0.15) is 12.7 Å². The Hall–Kier alpha value is -0.610. The molecular weight excluding hydrogens is 178 g/mol. The maximum absolute atomic E-state index is 5.78. The molecule has 1 rings (SSSR count). The molecule has 0 saturated heterocycles. The van der Waals surface area contributed by atoms with Gasteiger partial charge in [-0.2, -0.15) is 0 Å². The minimum atomic E-state index is 0.122. The molecule has 5 heteroatoms. The van der Waals surface area contributed by atoms with E-state index in [1.807, 2.05) is 18.4 Å². The summed E-state index contributed by atoms with van der Waals surface area (Å²) in [5.74, 6) is 0.809. The third-order valence-corrected chi connectivity index (χ3v) is 2.01. The molecule has 0 N–H and O–H groups in total. The lowest BCUT2D eigenvalue weighted by molar-refractivity contribution is 0.103. The molecule has 1 heterocycles. The second-order valence-corrected chi connectivity index (χ2v) is 3.01. The van der Waals surface area contributed by atoms with Crippen LogP contribution in [-0.2, 0) is 11.3 Å². The van der Waals surface area contributed by atoms with E-state index in [0.29, 0.717) is 11.8 Å². The average molecular weight is 190 g/mol. The molecule has 0 aliphatic heterocycles. The first-order valence-electron chi connectivity index (χ1n) is 3.73. The second kappa shape index (κ2) is 3.87. The fourth-order valence-electron chi connectivity index (χ4n) is 0.894. The van der Waals surface area contributed by atoms with E-state index in [4.69, 9.17) is 16.3 Å². The van der Waals surface area contributed by atoms with Crippen LogP contribution in [0, 0.1) is 6.92 Å². The molecule has 12 heavy (non-hydrogen) atoms. The molecule has 0 aromatic carbocycles. The molecule has 0 radical (unpaired) electrons. The van der Waals surface area contributed by atoms with Crippen molar-refractivity contribution in [3.63, 3.8) is 0 Å². The van der Waals surface area contributed by atoms with Crippen LogP contribution in [0.25, 0.3) is 0 Å². The van der Waals surface area contributed by atoms with Gasteiger partial charge in [0.15, 0.2) is 0 Å². The molecule has 0 aliphatic carbocycles. The van der Waals surface area contributed by atoms with Gasteiger partial charge in [-0.3, -0.25) is 4.57 Å². The minimum absolute atomic E-state index is 0.122. The van der Waals surface area contributed by atoms with Crippen molar-refractivity contribution in [2.24, 2.45) is 0 Å². The van der Waals surface area contributed by atoms with E-state index in [9.17, 15) is 0 Å². The van der Waals surface area contributed by atoms with Crippen LogP contribution in [0.4, 0.5) is 0 Å². The van der Waals surface area contributed by atoms with Gasteiger partial charge in [0.05, 0.1) is 12.6 Å². The van der Waals surface area contributed by atoms with E-state index in [-0.39, 0.29) is 6.10 Å². The molecule has 0 amide bonds. The van der Waals surface area contributed by atoms with Gasteiger partial charge >= 0.3 is 0 Å². The highest BCUT2D eigenvalue weighted by Gasteiger charge is 2.08. The third-order valence-electron chi connectivity index (χ3n) is 1.73. The van der Waals surface area contributed by atoms with Crippen molar-refractivity contribution >= 4 is 11.6 Å². The molecule has 0 saturated carbocycles. The van der Waals surface area contributed by atoms with Crippen LogP contribution in [0.3, 0.4) is 0 Å². The summed E-state index contributed by atoms with van der Waals surface area (Å²) in [7, 11) is 1.66. The normalized spacial score (nSPS) is 13.3. The van der Waals surface area contributed by atoms with E-state index in [1.54, 1.807) is 7.11 Å². The molecular formula is C7H12ClN3O. The second-order valence-electron chi connectivity index (χ2n) is 2.67. The largest absolute Gasteiger partial charge is 0.380 e. The number of hydrogen-bond acceptors (Lipinski definition) is 3. The molecule has 1 unspecified atom stereocenters. The third kappa shape index (κ3) is 1.95. The quantitative estimate of drug-likeness (QED) is 0.719. The summed E-state index contributed by atoms with van der Waals surface area (Å²) in [6.07, 6.45) is 0.122. The van der Waals surface area contributed by atoms with Gasteiger partial charge in [0.1, 0.15) is 5.82 Å². The van der Waals surface area contributed by atoms with E-state index in [2.05, 4.69) is 10.2 Å². The maximum Gasteiger partial charge on any atom is 0.225 e. The van der Waals surface area contributed by atoms with Crippen molar-refractivity contribution in [3.05, 3.63) is 11.1 Å². The first-order valence-corrected chi connectivity index (χ1v) is 4.11. The van der Waals surface area contributed by atoms with Crippen LogP contribution in [0.5, 0.6) is 0 Å². The molecule has 1 atom stereocenters. The Morgan fingerprint density at radius 3 is 2.67 bits per heavy atom. The Kier molecular flexibility index (Phi) is 3.05. The number of aryl methyl sites for hydroxylation is 1. The highest BCUT2D eigenvalue weighted by Crippen LogP contribution is 2.08. The summed E-state index contributed by atoms with van der Waals surface area (Å²) >= 11 is 5.78. The van der Waals surface area contributed by atoms with Gasteiger partial charge in [0, 0.05) is 7.11 Å². The van der Waals surface area contributed by atoms with Crippen LogP contribution in [0.15, 0.2) is 0 Å². The highest BCUT2D eigenvalue weighted by molar-refractivity contribution is 6.28. The number of hydrogen-bond donors (Lipinski definition) is 0. The minimum Gasteiger partial charge on any atom is -0.380 e. The monoisotopic (exact) mass is 189 g/mol.